The Morgan fingerprint density at radius 2 is 2.12 bits per heavy atom. The highest BCUT2D eigenvalue weighted by atomic mass is 32.2. The van der Waals surface area contributed by atoms with Crippen molar-refractivity contribution in [3.8, 4) is 0 Å². The highest BCUT2D eigenvalue weighted by molar-refractivity contribution is 7.99. The van der Waals surface area contributed by atoms with Gasteiger partial charge in [-0.05, 0) is 30.1 Å². The van der Waals surface area contributed by atoms with Crippen LogP contribution >= 0.6 is 24.4 Å². The summed E-state index contributed by atoms with van der Waals surface area (Å²) in [7, 11) is 0. The highest BCUT2D eigenvalue weighted by Crippen LogP contribution is 2.03. The average molecular weight is 150 g/mol. The van der Waals surface area contributed by atoms with Gasteiger partial charge in [0.1, 0.15) is 0 Å². The predicted octanol–water partition coefficient (Wildman–Crippen LogP) is 2.45. The van der Waals surface area contributed by atoms with Crippen LogP contribution in [0.15, 0.2) is 0 Å². The van der Waals surface area contributed by atoms with Gasteiger partial charge in [-0.3, -0.25) is 0 Å². The van der Waals surface area contributed by atoms with Crippen molar-refractivity contribution in [3.63, 3.8) is 0 Å². The Bertz CT molecular complexity index is 31.5. The first kappa shape index (κ1) is 8.70. The molecule has 50 valence electrons. The van der Waals surface area contributed by atoms with E-state index in [1.54, 1.807) is 0 Å². The van der Waals surface area contributed by atoms with E-state index in [4.69, 9.17) is 0 Å². The maximum absolute atomic E-state index is 4.11. The topological polar surface area (TPSA) is 0 Å². The zero-order valence-corrected chi connectivity index (χ0v) is 7.10. The molecule has 0 saturated carbocycles. The quantitative estimate of drug-likeness (QED) is 0.464. The Kier molecular flexibility index (Phi) is 8.37. The second-order valence-electron chi connectivity index (χ2n) is 1.63. The molecule has 0 aromatic carbocycles. The molecule has 0 bridgehead atoms. The zero-order chi connectivity index (χ0) is 6.24. The molecule has 0 aromatic rings. The van der Waals surface area contributed by atoms with Crippen molar-refractivity contribution in [2.75, 3.05) is 17.3 Å². The fraction of sp³-hybridized carbons (Fsp3) is 1.00. The summed E-state index contributed by atoms with van der Waals surface area (Å²) in [5.74, 6) is 3.62. The van der Waals surface area contributed by atoms with Gasteiger partial charge in [-0.2, -0.15) is 24.4 Å². The summed E-state index contributed by atoms with van der Waals surface area (Å²) in [5, 5.41) is 0. The standard InChI is InChI=1S/C6H14S2/c1-2-8-6-4-3-5-7/h7H,2-6H2,1H3. The van der Waals surface area contributed by atoms with Gasteiger partial charge in [-0.1, -0.05) is 6.92 Å². The fourth-order valence-electron chi connectivity index (χ4n) is 0.460. The molecule has 0 amide bonds. The molecule has 0 N–H and O–H groups in total. The lowest BCUT2D eigenvalue weighted by molar-refractivity contribution is 0.910. The summed E-state index contributed by atoms with van der Waals surface area (Å²) in [4.78, 5) is 0. The number of thiol groups is 1. The minimum Gasteiger partial charge on any atom is -0.179 e. The van der Waals surface area contributed by atoms with Gasteiger partial charge in [0.25, 0.3) is 0 Å². The maximum atomic E-state index is 4.11. The van der Waals surface area contributed by atoms with Crippen molar-refractivity contribution >= 4 is 24.4 Å². The van der Waals surface area contributed by atoms with E-state index in [1.807, 2.05) is 11.8 Å². The molecule has 0 nitrogen and oxygen atoms in total. The Morgan fingerprint density at radius 1 is 1.38 bits per heavy atom. The van der Waals surface area contributed by atoms with E-state index in [0.717, 1.165) is 5.75 Å². The molecule has 0 saturated heterocycles. The third-order valence-corrected chi connectivity index (χ3v) is 2.20. The lowest BCUT2D eigenvalue weighted by Crippen LogP contribution is -1.80. The zero-order valence-electron chi connectivity index (χ0n) is 5.39. The van der Waals surface area contributed by atoms with Crippen LogP contribution in [-0.2, 0) is 0 Å². The third-order valence-electron chi connectivity index (χ3n) is 0.901. The normalized spacial score (nSPS) is 9.75. The van der Waals surface area contributed by atoms with E-state index in [9.17, 15) is 0 Å². The summed E-state index contributed by atoms with van der Waals surface area (Å²) in [6.07, 6.45) is 2.61. The van der Waals surface area contributed by atoms with E-state index in [0.29, 0.717) is 0 Å². The van der Waals surface area contributed by atoms with Gasteiger partial charge < -0.3 is 0 Å². The highest BCUT2D eigenvalue weighted by Gasteiger charge is 1.83. The molecule has 0 aliphatic heterocycles. The van der Waals surface area contributed by atoms with Gasteiger partial charge in [-0.25, -0.2) is 0 Å². The van der Waals surface area contributed by atoms with E-state index in [1.165, 1.54) is 24.3 Å². The van der Waals surface area contributed by atoms with E-state index in [2.05, 4.69) is 19.6 Å². The van der Waals surface area contributed by atoms with Gasteiger partial charge in [0.2, 0.25) is 0 Å². The van der Waals surface area contributed by atoms with E-state index >= 15 is 0 Å². The van der Waals surface area contributed by atoms with Crippen LogP contribution in [0.1, 0.15) is 19.8 Å². The number of unbranched alkanes of at least 4 members (excludes halogenated alkanes) is 1. The number of rotatable bonds is 5. The van der Waals surface area contributed by atoms with Crippen LogP contribution in [0.25, 0.3) is 0 Å². The lowest BCUT2D eigenvalue weighted by atomic mass is 10.4. The first-order valence-corrected chi connectivity index (χ1v) is 4.89. The van der Waals surface area contributed by atoms with Crippen molar-refractivity contribution in [1.29, 1.82) is 0 Å². The Hall–Kier alpha value is 0.700. The second-order valence-corrected chi connectivity index (χ2v) is 3.47. The van der Waals surface area contributed by atoms with Gasteiger partial charge in [0.15, 0.2) is 0 Å². The Morgan fingerprint density at radius 3 is 2.62 bits per heavy atom. The Balaban J connectivity index is 2.53. The van der Waals surface area contributed by atoms with Crippen molar-refractivity contribution < 1.29 is 0 Å². The van der Waals surface area contributed by atoms with Crippen molar-refractivity contribution in [2.45, 2.75) is 19.8 Å². The molecular weight excluding hydrogens is 136 g/mol. The molecule has 0 unspecified atom stereocenters. The summed E-state index contributed by atoms with van der Waals surface area (Å²) < 4.78 is 0. The monoisotopic (exact) mass is 150 g/mol. The number of thioether (sulfide) groups is 1. The van der Waals surface area contributed by atoms with E-state index in [-0.39, 0.29) is 0 Å². The first-order chi connectivity index (χ1) is 3.91. The fourth-order valence-corrected chi connectivity index (χ4v) is 1.38. The number of hydrogen-bond donors (Lipinski definition) is 1. The van der Waals surface area contributed by atoms with Crippen LogP contribution in [0, 0.1) is 0 Å². The van der Waals surface area contributed by atoms with Gasteiger partial charge in [-0.15, -0.1) is 0 Å². The summed E-state index contributed by atoms with van der Waals surface area (Å²) in [6, 6.07) is 0. The van der Waals surface area contributed by atoms with E-state index < -0.39 is 0 Å². The largest absolute Gasteiger partial charge is 0.179 e. The molecule has 0 aliphatic carbocycles. The molecule has 0 aliphatic rings. The molecule has 0 aromatic heterocycles. The van der Waals surface area contributed by atoms with Gasteiger partial charge >= 0.3 is 0 Å². The van der Waals surface area contributed by atoms with Crippen molar-refractivity contribution in [1.82, 2.24) is 0 Å². The molecule has 0 heterocycles. The van der Waals surface area contributed by atoms with Crippen LogP contribution in [0.2, 0.25) is 0 Å². The molecule has 0 spiro atoms. The summed E-state index contributed by atoms with van der Waals surface area (Å²) >= 11 is 6.13. The molecular formula is C6H14S2. The third kappa shape index (κ3) is 6.70. The first-order valence-electron chi connectivity index (χ1n) is 3.10. The SMILES string of the molecule is CCSCCCCS. The minimum atomic E-state index is 1.05. The van der Waals surface area contributed by atoms with Crippen molar-refractivity contribution in [3.05, 3.63) is 0 Å². The van der Waals surface area contributed by atoms with Crippen LogP contribution in [0.5, 0.6) is 0 Å². The lowest BCUT2D eigenvalue weighted by Gasteiger charge is -1.93. The minimum absolute atomic E-state index is 1.05. The molecule has 0 atom stereocenters. The molecule has 0 rings (SSSR count). The van der Waals surface area contributed by atoms with Gasteiger partial charge in [0.05, 0.1) is 0 Å². The predicted molar refractivity (Wildman–Crippen MR) is 46.1 cm³/mol. The summed E-state index contributed by atoms with van der Waals surface area (Å²) in [5.41, 5.74) is 0. The molecule has 0 radical (unpaired) electrons. The average Bonchev–Trinajstić information content (AvgIpc) is 1.81. The Labute approximate surface area is 61.8 Å². The van der Waals surface area contributed by atoms with Crippen molar-refractivity contribution in [2.24, 2.45) is 0 Å². The summed E-state index contributed by atoms with van der Waals surface area (Å²) in [6.45, 7) is 2.20. The second kappa shape index (κ2) is 7.70. The molecule has 2 heteroatoms. The number of hydrogen-bond acceptors (Lipinski definition) is 2. The molecule has 8 heavy (non-hydrogen) atoms. The van der Waals surface area contributed by atoms with Crippen LogP contribution in [0.3, 0.4) is 0 Å². The van der Waals surface area contributed by atoms with Crippen LogP contribution in [0.4, 0.5) is 0 Å². The van der Waals surface area contributed by atoms with Crippen LogP contribution in [-0.4, -0.2) is 17.3 Å². The van der Waals surface area contributed by atoms with Gasteiger partial charge in [0, 0.05) is 0 Å². The molecule has 0 fully saturated rings. The smallest absolute Gasteiger partial charge is 0.00673 e. The maximum Gasteiger partial charge on any atom is -0.00673 e. The van der Waals surface area contributed by atoms with Crippen LogP contribution < -0.4 is 0 Å².